The lowest BCUT2D eigenvalue weighted by atomic mass is 10.0. The summed E-state index contributed by atoms with van der Waals surface area (Å²) >= 11 is 6.12. The Bertz CT molecular complexity index is 844. The SMILES string of the molecule is CC(C(C=NCC1CC1)=NN)c1cc(Cl)nn1-c1ccc(F)cc1CO. The second-order valence-corrected chi connectivity index (χ2v) is 6.84. The minimum atomic E-state index is -0.429. The number of hydrazone groups is 1. The summed E-state index contributed by atoms with van der Waals surface area (Å²) in [5, 5.41) is 18.0. The molecule has 0 bridgehead atoms. The van der Waals surface area contributed by atoms with Crippen LogP contribution in [0.2, 0.25) is 5.15 Å². The fourth-order valence-corrected chi connectivity index (χ4v) is 2.95. The van der Waals surface area contributed by atoms with Gasteiger partial charge in [0.1, 0.15) is 5.82 Å². The Hall–Kier alpha value is -2.25. The van der Waals surface area contributed by atoms with Gasteiger partial charge in [0.2, 0.25) is 0 Å². The van der Waals surface area contributed by atoms with Gasteiger partial charge in [-0.3, -0.25) is 4.99 Å². The van der Waals surface area contributed by atoms with Gasteiger partial charge >= 0.3 is 0 Å². The summed E-state index contributed by atoms with van der Waals surface area (Å²) in [5.74, 6) is 5.57. The zero-order valence-electron chi connectivity index (χ0n) is 14.4. The summed E-state index contributed by atoms with van der Waals surface area (Å²) in [7, 11) is 0. The van der Waals surface area contributed by atoms with Gasteiger partial charge in [-0.2, -0.15) is 10.2 Å². The number of hydrogen-bond acceptors (Lipinski definition) is 5. The van der Waals surface area contributed by atoms with E-state index >= 15 is 0 Å². The molecule has 1 aromatic heterocycles. The summed E-state index contributed by atoms with van der Waals surface area (Å²) in [6.45, 7) is 2.37. The van der Waals surface area contributed by atoms with Gasteiger partial charge in [0.15, 0.2) is 5.15 Å². The molecule has 3 rings (SSSR count). The van der Waals surface area contributed by atoms with E-state index in [1.807, 2.05) is 6.92 Å². The molecule has 0 amide bonds. The molecule has 6 nitrogen and oxygen atoms in total. The topological polar surface area (TPSA) is 88.8 Å². The van der Waals surface area contributed by atoms with Gasteiger partial charge < -0.3 is 10.9 Å². The lowest BCUT2D eigenvalue weighted by Gasteiger charge is -2.16. The predicted molar refractivity (Wildman–Crippen MR) is 101 cm³/mol. The van der Waals surface area contributed by atoms with Gasteiger partial charge in [0.25, 0.3) is 0 Å². The van der Waals surface area contributed by atoms with E-state index in [2.05, 4.69) is 15.2 Å². The molecule has 1 fully saturated rings. The number of aliphatic hydroxyl groups excluding tert-OH is 1. The number of nitrogens with zero attached hydrogens (tertiary/aromatic N) is 4. The second-order valence-electron chi connectivity index (χ2n) is 6.45. The Morgan fingerprint density at radius 1 is 1.50 bits per heavy atom. The van der Waals surface area contributed by atoms with Crippen molar-refractivity contribution in [2.45, 2.75) is 32.3 Å². The van der Waals surface area contributed by atoms with Crippen molar-refractivity contribution in [1.29, 1.82) is 0 Å². The van der Waals surface area contributed by atoms with Gasteiger partial charge in [-0.15, -0.1) is 0 Å². The van der Waals surface area contributed by atoms with E-state index in [0.29, 0.717) is 22.9 Å². The van der Waals surface area contributed by atoms with Crippen LogP contribution in [0.15, 0.2) is 34.4 Å². The average Bonchev–Trinajstić information content (AvgIpc) is 3.38. The van der Waals surface area contributed by atoms with E-state index in [9.17, 15) is 9.50 Å². The Kier molecular flexibility index (Phi) is 5.68. The molecule has 2 aromatic rings. The van der Waals surface area contributed by atoms with Crippen LogP contribution >= 0.6 is 11.6 Å². The third kappa shape index (κ3) is 4.11. The Balaban J connectivity index is 1.94. The van der Waals surface area contributed by atoms with Crippen LogP contribution in [-0.2, 0) is 6.61 Å². The Morgan fingerprint density at radius 3 is 2.92 bits per heavy atom. The monoisotopic (exact) mass is 377 g/mol. The maximum atomic E-state index is 13.5. The summed E-state index contributed by atoms with van der Waals surface area (Å²) in [6.07, 6.45) is 4.13. The molecule has 1 atom stereocenters. The number of aromatic nitrogens is 2. The van der Waals surface area contributed by atoms with Crippen molar-refractivity contribution in [3.63, 3.8) is 0 Å². The summed E-state index contributed by atoms with van der Waals surface area (Å²) in [5.41, 5.74) is 2.27. The number of benzene rings is 1. The molecule has 0 aliphatic heterocycles. The lowest BCUT2D eigenvalue weighted by molar-refractivity contribution is 0.280. The number of hydrogen-bond donors (Lipinski definition) is 2. The molecule has 1 saturated carbocycles. The standard InChI is InChI=1S/C18H21ClFN5O/c1-11(15(23-21)9-22-8-12-2-3-12)17-7-18(19)24-25(17)16-5-4-14(20)6-13(16)10-26/h4-7,9,11-12,26H,2-3,8,10,21H2,1H3. The molecule has 1 aromatic carbocycles. The molecule has 1 heterocycles. The van der Waals surface area contributed by atoms with E-state index in [4.69, 9.17) is 17.4 Å². The van der Waals surface area contributed by atoms with Gasteiger partial charge in [-0.25, -0.2) is 9.07 Å². The zero-order chi connectivity index (χ0) is 18.7. The largest absolute Gasteiger partial charge is 0.392 e. The molecule has 1 aliphatic rings. The molecule has 1 aliphatic carbocycles. The lowest BCUT2D eigenvalue weighted by Crippen LogP contribution is -2.18. The minimum Gasteiger partial charge on any atom is -0.392 e. The molecular weight excluding hydrogens is 357 g/mol. The first-order valence-electron chi connectivity index (χ1n) is 8.46. The van der Waals surface area contributed by atoms with Gasteiger partial charge in [-0.1, -0.05) is 18.5 Å². The van der Waals surface area contributed by atoms with Crippen LogP contribution in [0.3, 0.4) is 0 Å². The molecule has 138 valence electrons. The fraction of sp³-hybridized carbons (Fsp3) is 0.389. The second kappa shape index (κ2) is 7.97. The fourth-order valence-electron chi connectivity index (χ4n) is 2.76. The molecular formula is C18H21ClFN5O. The minimum absolute atomic E-state index is 0.237. The summed E-state index contributed by atoms with van der Waals surface area (Å²) in [4.78, 5) is 4.42. The van der Waals surface area contributed by atoms with E-state index < -0.39 is 5.82 Å². The highest BCUT2D eigenvalue weighted by molar-refractivity contribution is 6.33. The smallest absolute Gasteiger partial charge is 0.151 e. The molecule has 8 heteroatoms. The summed E-state index contributed by atoms with van der Waals surface area (Å²) < 4.78 is 15.1. The maximum absolute atomic E-state index is 13.5. The van der Waals surface area contributed by atoms with Crippen molar-refractivity contribution in [3.8, 4) is 5.69 Å². The Labute approximate surface area is 156 Å². The first-order chi connectivity index (χ1) is 12.5. The summed E-state index contributed by atoms with van der Waals surface area (Å²) in [6, 6.07) is 5.85. The first-order valence-corrected chi connectivity index (χ1v) is 8.84. The van der Waals surface area contributed by atoms with E-state index in [-0.39, 0.29) is 17.7 Å². The maximum Gasteiger partial charge on any atom is 0.151 e. The normalized spacial score (nSPS) is 16.4. The zero-order valence-corrected chi connectivity index (χ0v) is 15.2. The molecule has 3 N–H and O–H groups in total. The van der Waals surface area contributed by atoms with Crippen molar-refractivity contribution < 1.29 is 9.50 Å². The van der Waals surface area contributed by atoms with Crippen LogP contribution in [0.5, 0.6) is 0 Å². The third-order valence-corrected chi connectivity index (χ3v) is 4.65. The average molecular weight is 378 g/mol. The number of nitrogens with two attached hydrogens (primary N) is 1. The van der Waals surface area contributed by atoms with Crippen LogP contribution in [0.25, 0.3) is 5.69 Å². The van der Waals surface area contributed by atoms with Crippen LogP contribution < -0.4 is 5.84 Å². The molecule has 0 saturated heterocycles. The number of aliphatic imine (C=N–C) groups is 1. The van der Waals surface area contributed by atoms with Crippen molar-refractivity contribution in [2.24, 2.45) is 21.9 Å². The van der Waals surface area contributed by atoms with Crippen molar-refractivity contribution in [2.75, 3.05) is 6.54 Å². The third-order valence-electron chi connectivity index (χ3n) is 4.47. The molecule has 1 unspecified atom stereocenters. The highest BCUT2D eigenvalue weighted by atomic mass is 35.5. The predicted octanol–water partition coefficient (Wildman–Crippen LogP) is 3.06. The first kappa shape index (κ1) is 18.5. The number of aliphatic hydroxyl groups is 1. The van der Waals surface area contributed by atoms with E-state index in [1.54, 1.807) is 23.0 Å². The Morgan fingerprint density at radius 2 is 2.27 bits per heavy atom. The molecule has 0 spiro atoms. The quantitative estimate of drug-likeness (QED) is 0.441. The van der Waals surface area contributed by atoms with Gasteiger partial charge in [0, 0.05) is 24.2 Å². The van der Waals surface area contributed by atoms with Crippen molar-refractivity contribution in [3.05, 3.63) is 46.5 Å². The molecule has 26 heavy (non-hydrogen) atoms. The van der Waals surface area contributed by atoms with Crippen LogP contribution in [0, 0.1) is 11.7 Å². The van der Waals surface area contributed by atoms with Crippen LogP contribution in [-0.4, -0.2) is 33.4 Å². The van der Waals surface area contributed by atoms with Crippen LogP contribution in [0.4, 0.5) is 4.39 Å². The van der Waals surface area contributed by atoms with E-state index in [1.165, 1.54) is 25.0 Å². The van der Waals surface area contributed by atoms with Crippen molar-refractivity contribution >= 4 is 23.5 Å². The van der Waals surface area contributed by atoms with Gasteiger partial charge in [0.05, 0.1) is 23.7 Å². The number of halogens is 2. The van der Waals surface area contributed by atoms with E-state index in [0.717, 1.165) is 12.2 Å². The van der Waals surface area contributed by atoms with Gasteiger partial charge in [-0.05, 0) is 43.0 Å². The van der Waals surface area contributed by atoms with Crippen molar-refractivity contribution in [1.82, 2.24) is 9.78 Å². The molecule has 0 radical (unpaired) electrons. The highest BCUT2D eigenvalue weighted by Gasteiger charge is 2.22. The number of rotatable bonds is 7. The highest BCUT2D eigenvalue weighted by Crippen LogP contribution is 2.29. The van der Waals surface area contributed by atoms with Crippen LogP contribution in [0.1, 0.15) is 36.9 Å².